The molecule has 1 aliphatic rings. The van der Waals surface area contributed by atoms with E-state index < -0.39 is 0 Å². The molecule has 0 amide bonds. The first kappa shape index (κ1) is 10.4. The highest BCUT2D eigenvalue weighted by Crippen LogP contribution is 2.29. The normalized spacial score (nSPS) is 30.5. The average Bonchev–Trinajstić information content (AvgIpc) is 2.09. The zero-order chi connectivity index (χ0) is 8.81. The van der Waals surface area contributed by atoms with Gasteiger partial charge in [0.15, 0.2) is 0 Å². The number of thioether (sulfide) groups is 1. The van der Waals surface area contributed by atoms with Crippen LogP contribution in [-0.4, -0.2) is 22.2 Å². The smallest absolute Gasteiger partial charge is 0.0658 e. The van der Waals surface area contributed by atoms with Crippen molar-refractivity contribution in [2.75, 3.05) is 5.75 Å². The van der Waals surface area contributed by atoms with Gasteiger partial charge in [-0.3, -0.25) is 0 Å². The molecule has 0 bridgehead atoms. The van der Waals surface area contributed by atoms with Crippen LogP contribution in [0.3, 0.4) is 0 Å². The summed E-state index contributed by atoms with van der Waals surface area (Å²) in [7, 11) is 0. The molecule has 0 radical (unpaired) electrons. The molecule has 0 aromatic rings. The number of hydrogen-bond donors (Lipinski definition) is 1. The maximum atomic E-state index is 9.65. The molecule has 0 spiro atoms. The Hall–Kier alpha value is 0.310. The fourth-order valence-electron chi connectivity index (χ4n) is 1.65. The molecule has 0 saturated heterocycles. The van der Waals surface area contributed by atoms with Crippen LogP contribution < -0.4 is 0 Å². The van der Waals surface area contributed by atoms with E-state index in [1.807, 2.05) is 11.8 Å². The number of unbranched alkanes of at least 4 members (excludes halogenated alkanes) is 1. The summed E-state index contributed by atoms with van der Waals surface area (Å²) in [5.41, 5.74) is 0. The van der Waals surface area contributed by atoms with Crippen molar-refractivity contribution in [2.45, 2.75) is 56.8 Å². The molecule has 0 aromatic carbocycles. The Morgan fingerprint density at radius 2 is 2.08 bits per heavy atom. The van der Waals surface area contributed by atoms with Crippen molar-refractivity contribution in [3.8, 4) is 0 Å². The summed E-state index contributed by atoms with van der Waals surface area (Å²) in [6.07, 6.45) is 7.37. The SMILES string of the molecule is CCCCS[C@H]1CCCC[C@@H]1O. The minimum Gasteiger partial charge on any atom is -0.392 e. The van der Waals surface area contributed by atoms with Gasteiger partial charge in [0.1, 0.15) is 0 Å². The van der Waals surface area contributed by atoms with Gasteiger partial charge < -0.3 is 5.11 Å². The van der Waals surface area contributed by atoms with Gasteiger partial charge in [-0.15, -0.1) is 0 Å². The van der Waals surface area contributed by atoms with Gasteiger partial charge in [0, 0.05) is 5.25 Å². The first-order chi connectivity index (χ1) is 5.84. The molecule has 1 N–H and O–H groups in total. The van der Waals surface area contributed by atoms with Crippen molar-refractivity contribution in [3.05, 3.63) is 0 Å². The maximum Gasteiger partial charge on any atom is 0.0658 e. The Morgan fingerprint density at radius 3 is 2.75 bits per heavy atom. The van der Waals surface area contributed by atoms with Crippen LogP contribution in [0.25, 0.3) is 0 Å². The summed E-state index contributed by atoms with van der Waals surface area (Å²) >= 11 is 1.98. The van der Waals surface area contributed by atoms with Crippen LogP contribution >= 0.6 is 11.8 Å². The molecule has 0 heterocycles. The number of rotatable bonds is 4. The molecule has 0 aliphatic heterocycles. The second-order valence-electron chi connectivity index (χ2n) is 3.61. The van der Waals surface area contributed by atoms with E-state index in [0.717, 1.165) is 6.42 Å². The quantitative estimate of drug-likeness (QED) is 0.685. The van der Waals surface area contributed by atoms with Gasteiger partial charge in [0.2, 0.25) is 0 Å². The first-order valence-electron chi connectivity index (χ1n) is 5.14. The third-order valence-electron chi connectivity index (χ3n) is 2.50. The molecule has 0 aromatic heterocycles. The first-order valence-corrected chi connectivity index (χ1v) is 6.19. The lowest BCUT2D eigenvalue weighted by molar-refractivity contribution is 0.137. The predicted octanol–water partition coefficient (Wildman–Crippen LogP) is 2.82. The Labute approximate surface area is 79.9 Å². The third-order valence-corrected chi connectivity index (χ3v) is 4.00. The van der Waals surface area contributed by atoms with Gasteiger partial charge >= 0.3 is 0 Å². The van der Waals surface area contributed by atoms with E-state index >= 15 is 0 Å². The lowest BCUT2D eigenvalue weighted by atomic mass is 9.97. The maximum absolute atomic E-state index is 9.65. The van der Waals surface area contributed by atoms with Crippen LogP contribution in [0, 0.1) is 0 Å². The van der Waals surface area contributed by atoms with Crippen molar-refractivity contribution in [1.29, 1.82) is 0 Å². The summed E-state index contributed by atoms with van der Waals surface area (Å²) in [6.45, 7) is 2.22. The highest BCUT2D eigenvalue weighted by atomic mass is 32.2. The topological polar surface area (TPSA) is 20.2 Å². The van der Waals surface area contributed by atoms with Crippen molar-refractivity contribution in [1.82, 2.24) is 0 Å². The highest BCUT2D eigenvalue weighted by Gasteiger charge is 2.22. The molecular weight excluding hydrogens is 168 g/mol. The summed E-state index contributed by atoms with van der Waals surface area (Å²) < 4.78 is 0. The Balaban J connectivity index is 2.11. The molecule has 0 unspecified atom stereocenters. The summed E-state index contributed by atoms with van der Waals surface area (Å²) in [4.78, 5) is 0. The lowest BCUT2D eigenvalue weighted by Gasteiger charge is -2.26. The van der Waals surface area contributed by atoms with Gasteiger partial charge in [0.25, 0.3) is 0 Å². The van der Waals surface area contributed by atoms with Crippen LogP contribution in [-0.2, 0) is 0 Å². The summed E-state index contributed by atoms with van der Waals surface area (Å²) in [6, 6.07) is 0. The Morgan fingerprint density at radius 1 is 1.33 bits per heavy atom. The molecule has 72 valence electrons. The minimum absolute atomic E-state index is 0.0133. The van der Waals surface area contributed by atoms with Gasteiger partial charge in [0.05, 0.1) is 6.10 Å². The van der Waals surface area contributed by atoms with Gasteiger partial charge in [-0.25, -0.2) is 0 Å². The summed E-state index contributed by atoms with van der Waals surface area (Å²) in [5, 5.41) is 10.2. The largest absolute Gasteiger partial charge is 0.392 e. The van der Waals surface area contributed by atoms with Crippen LogP contribution in [0.15, 0.2) is 0 Å². The van der Waals surface area contributed by atoms with Crippen molar-refractivity contribution in [3.63, 3.8) is 0 Å². The molecule has 1 saturated carbocycles. The third kappa shape index (κ3) is 3.36. The van der Waals surface area contributed by atoms with Crippen molar-refractivity contribution in [2.24, 2.45) is 0 Å². The van der Waals surface area contributed by atoms with E-state index in [4.69, 9.17) is 0 Å². The van der Waals surface area contributed by atoms with Crippen molar-refractivity contribution < 1.29 is 5.11 Å². The molecule has 2 atom stereocenters. The number of hydrogen-bond acceptors (Lipinski definition) is 2. The molecule has 1 fully saturated rings. The zero-order valence-corrected chi connectivity index (χ0v) is 8.78. The molecule has 12 heavy (non-hydrogen) atoms. The molecule has 2 heteroatoms. The predicted molar refractivity (Wildman–Crippen MR) is 55.6 cm³/mol. The minimum atomic E-state index is -0.0133. The van der Waals surface area contributed by atoms with E-state index in [2.05, 4.69) is 6.92 Å². The fraction of sp³-hybridized carbons (Fsp3) is 1.00. The van der Waals surface area contributed by atoms with Gasteiger partial charge in [-0.05, 0) is 25.0 Å². The number of aliphatic hydroxyl groups excluding tert-OH is 1. The lowest BCUT2D eigenvalue weighted by Crippen LogP contribution is -2.27. The van der Waals surface area contributed by atoms with Crippen LogP contribution in [0.4, 0.5) is 0 Å². The summed E-state index contributed by atoms with van der Waals surface area (Å²) in [5.74, 6) is 1.23. The highest BCUT2D eigenvalue weighted by molar-refractivity contribution is 7.99. The molecule has 1 rings (SSSR count). The standard InChI is InChI=1S/C10H20OS/c1-2-3-8-12-10-7-5-4-6-9(10)11/h9-11H,2-8H2,1H3/t9-,10-/m0/s1. The molecule has 1 nitrogen and oxygen atoms in total. The van der Waals surface area contributed by atoms with Gasteiger partial charge in [-0.2, -0.15) is 11.8 Å². The van der Waals surface area contributed by atoms with Crippen LogP contribution in [0.5, 0.6) is 0 Å². The Bertz CT molecular complexity index is 116. The second-order valence-corrected chi connectivity index (χ2v) is 4.96. The van der Waals surface area contributed by atoms with E-state index in [-0.39, 0.29) is 6.10 Å². The van der Waals surface area contributed by atoms with Crippen LogP contribution in [0.2, 0.25) is 0 Å². The van der Waals surface area contributed by atoms with E-state index in [1.165, 1.54) is 37.9 Å². The second kappa shape index (κ2) is 5.87. The molecular formula is C10H20OS. The average molecular weight is 188 g/mol. The Kier molecular flexibility index (Phi) is 5.08. The zero-order valence-electron chi connectivity index (χ0n) is 7.96. The van der Waals surface area contributed by atoms with E-state index in [1.54, 1.807) is 0 Å². The van der Waals surface area contributed by atoms with E-state index in [9.17, 15) is 5.11 Å². The van der Waals surface area contributed by atoms with E-state index in [0.29, 0.717) is 5.25 Å². The number of aliphatic hydroxyl groups is 1. The fourth-order valence-corrected chi connectivity index (χ4v) is 3.10. The monoisotopic (exact) mass is 188 g/mol. The van der Waals surface area contributed by atoms with Gasteiger partial charge in [-0.1, -0.05) is 26.2 Å². The molecule has 1 aliphatic carbocycles. The van der Waals surface area contributed by atoms with Crippen LogP contribution in [0.1, 0.15) is 45.4 Å². The van der Waals surface area contributed by atoms with Crippen molar-refractivity contribution >= 4 is 11.8 Å².